The van der Waals surface area contributed by atoms with Gasteiger partial charge in [-0.25, -0.2) is 0 Å². The molecule has 0 bridgehead atoms. The van der Waals surface area contributed by atoms with E-state index >= 15 is 0 Å². The highest BCUT2D eigenvalue weighted by molar-refractivity contribution is 5.67. The van der Waals surface area contributed by atoms with E-state index in [0.29, 0.717) is 17.8 Å². The molecule has 2 aromatic rings. The maximum absolute atomic E-state index is 2.42. The second-order valence-corrected chi connectivity index (χ2v) is 7.76. The highest BCUT2D eigenvalue weighted by Gasteiger charge is 2.31. The molecule has 2 unspecified atom stereocenters. The molecule has 2 atom stereocenters. The third kappa shape index (κ3) is 2.28. The van der Waals surface area contributed by atoms with E-state index in [-0.39, 0.29) is 0 Å². The Morgan fingerprint density at radius 2 is 1.00 bits per heavy atom. The van der Waals surface area contributed by atoms with Gasteiger partial charge in [0, 0.05) is 11.8 Å². The molecule has 2 aliphatic rings. The van der Waals surface area contributed by atoms with Crippen molar-refractivity contribution in [3.05, 3.63) is 80.9 Å². The summed E-state index contributed by atoms with van der Waals surface area (Å²) < 4.78 is 0. The second kappa shape index (κ2) is 5.48. The van der Waals surface area contributed by atoms with Gasteiger partial charge >= 0.3 is 0 Å². The van der Waals surface area contributed by atoms with Gasteiger partial charge in [-0.3, -0.25) is 0 Å². The molecular formula is C24H26. The molecule has 0 amide bonds. The fraction of sp³-hybridized carbons (Fsp3) is 0.333. The van der Waals surface area contributed by atoms with Crippen LogP contribution in [0.3, 0.4) is 0 Å². The maximum Gasteiger partial charge on any atom is 0.00618 e. The van der Waals surface area contributed by atoms with Crippen molar-refractivity contribution >= 4 is 12.2 Å². The van der Waals surface area contributed by atoms with Gasteiger partial charge in [-0.05, 0) is 78.1 Å². The van der Waals surface area contributed by atoms with E-state index in [9.17, 15) is 0 Å². The lowest BCUT2D eigenvalue weighted by Crippen LogP contribution is -2.14. The summed E-state index contributed by atoms with van der Waals surface area (Å²) >= 11 is 0. The molecule has 0 spiro atoms. The predicted octanol–water partition coefficient (Wildman–Crippen LogP) is 6.48. The molecule has 0 nitrogen and oxygen atoms in total. The van der Waals surface area contributed by atoms with Crippen molar-refractivity contribution in [2.24, 2.45) is 5.92 Å². The number of hydrogen-bond acceptors (Lipinski definition) is 0. The first-order chi connectivity index (χ1) is 11.5. The number of fused-ring (bicyclic) bond motifs is 2. The molecule has 0 aromatic heterocycles. The molecule has 4 rings (SSSR count). The van der Waals surface area contributed by atoms with Crippen LogP contribution >= 0.6 is 0 Å². The average molecular weight is 314 g/mol. The van der Waals surface area contributed by atoms with Crippen molar-refractivity contribution in [1.29, 1.82) is 0 Å². The van der Waals surface area contributed by atoms with Crippen LogP contribution in [0.25, 0.3) is 12.2 Å². The fourth-order valence-corrected chi connectivity index (χ4v) is 4.35. The van der Waals surface area contributed by atoms with Gasteiger partial charge in [0.25, 0.3) is 0 Å². The highest BCUT2D eigenvalue weighted by Crippen LogP contribution is 2.46. The summed E-state index contributed by atoms with van der Waals surface area (Å²) in [6.45, 7) is 11.3. The van der Waals surface area contributed by atoms with Gasteiger partial charge in [0.05, 0.1) is 0 Å². The van der Waals surface area contributed by atoms with Gasteiger partial charge in [0.15, 0.2) is 0 Å². The van der Waals surface area contributed by atoms with E-state index in [4.69, 9.17) is 0 Å². The third-order valence-electron chi connectivity index (χ3n) is 6.22. The van der Waals surface area contributed by atoms with E-state index in [1.807, 2.05) is 0 Å². The summed E-state index contributed by atoms with van der Waals surface area (Å²) in [5.74, 6) is 1.60. The zero-order chi connectivity index (χ0) is 17.0. The van der Waals surface area contributed by atoms with E-state index in [2.05, 4.69) is 83.2 Å². The minimum Gasteiger partial charge on any atom is -0.0761 e. The lowest BCUT2D eigenvalue weighted by atomic mass is 9.77. The molecule has 0 heteroatoms. The standard InChI is InChI=1S/C24H26/c1-14-10-19-6-8-21(23(19)12-16(14)3)18(5)22-9-7-20-11-15(2)17(4)13-24(20)22/h6-13,18,21-22H,1-5H3. The smallest absolute Gasteiger partial charge is 0.00618 e. The number of benzene rings is 2. The zero-order valence-corrected chi connectivity index (χ0v) is 15.4. The van der Waals surface area contributed by atoms with Crippen molar-refractivity contribution in [3.63, 3.8) is 0 Å². The lowest BCUT2D eigenvalue weighted by Gasteiger charge is -2.26. The number of hydrogen-bond donors (Lipinski definition) is 0. The zero-order valence-electron chi connectivity index (χ0n) is 15.4. The Morgan fingerprint density at radius 3 is 1.42 bits per heavy atom. The molecule has 0 N–H and O–H groups in total. The van der Waals surface area contributed by atoms with Crippen LogP contribution in [0.15, 0.2) is 36.4 Å². The second-order valence-electron chi connectivity index (χ2n) is 7.76. The Balaban J connectivity index is 1.70. The van der Waals surface area contributed by atoms with Crippen molar-refractivity contribution < 1.29 is 0 Å². The molecule has 122 valence electrons. The van der Waals surface area contributed by atoms with Crippen LogP contribution in [0, 0.1) is 33.6 Å². The molecule has 2 aromatic carbocycles. The third-order valence-corrected chi connectivity index (χ3v) is 6.22. The minimum atomic E-state index is 0.515. The molecule has 0 saturated carbocycles. The summed E-state index contributed by atoms with van der Waals surface area (Å²) in [6.07, 6.45) is 9.48. The first-order valence-corrected chi connectivity index (χ1v) is 9.04. The Kier molecular flexibility index (Phi) is 3.53. The average Bonchev–Trinajstić information content (AvgIpc) is 3.12. The Bertz CT molecular complexity index is 806. The molecule has 2 aliphatic carbocycles. The van der Waals surface area contributed by atoms with Gasteiger partial charge in [0.1, 0.15) is 0 Å². The first kappa shape index (κ1) is 15.4. The summed E-state index contributed by atoms with van der Waals surface area (Å²) in [7, 11) is 0. The normalized spacial score (nSPS) is 21.9. The van der Waals surface area contributed by atoms with Gasteiger partial charge < -0.3 is 0 Å². The van der Waals surface area contributed by atoms with Gasteiger partial charge in [0.2, 0.25) is 0 Å². The van der Waals surface area contributed by atoms with Gasteiger partial charge in [-0.15, -0.1) is 0 Å². The molecule has 0 heterocycles. The summed E-state index contributed by atoms with van der Waals surface area (Å²) in [4.78, 5) is 0. The molecule has 0 aliphatic heterocycles. The number of aryl methyl sites for hydroxylation is 4. The Labute approximate surface area is 145 Å². The number of allylic oxidation sites excluding steroid dienone is 2. The molecule has 0 saturated heterocycles. The van der Waals surface area contributed by atoms with E-state index in [1.165, 1.54) is 44.5 Å². The van der Waals surface area contributed by atoms with Crippen LogP contribution in [-0.2, 0) is 0 Å². The summed E-state index contributed by atoms with van der Waals surface area (Å²) in [5, 5.41) is 0. The molecule has 24 heavy (non-hydrogen) atoms. The van der Waals surface area contributed by atoms with Crippen LogP contribution in [0.1, 0.15) is 63.3 Å². The lowest BCUT2D eigenvalue weighted by molar-refractivity contribution is 0.482. The predicted molar refractivity (Wildman–Crippen MR) is 105 cm³/mol. The Hall–Kier alpha value is -2.08. The van der Waals surface area contributed by atoms with Crippen molar-refractivity contribution in [3.8, 4) is 0 Å². The van der Waals surface area contributed by atoms with Crippen LogP contribution in [0.2, 0.25) is 0 Å². The van der Waals surface area contributed by atoms with E-state index in [1.54, 1.807) is 0 Å². The van der Waals surface area contributed by atoms with Gasteiger partial charge in [-0.2, -0.15) is 0 Å². The largest absolute Gasteiger partial charge is 0.0761 e. The van der Waals surface area contributed by atoms with Crippen molar-refractivity contribution in [2.45, 2.75) is 46.5 Å². The minimum absolute atomic E-state index is 0.515. The van der Waals surface area contributed by atoms with Crippen LogP contribution in [0.5, 0.6) is 0 Å². The van der Waals surface area contributed by atoms with Crippen LogP contribution in [0.4, 0.5) is 0 Å². The van der Waals surface area contributed by atoms with Crippen molar-refractivity contribution in [2.75, 3.05) is 0 Å². The van der Waals surface area contributed by atoms with Gasteiger partial charge in [-0.1, -0.05) is 55.5 Å². The number of rotatable bonds is 2. The maximum atomic E-state index is 2.42. The molecule has 0 radical (unpaired) electrons. The SMILES string of the molecule is Cc1cc2c(cc1C)C(C(C)C1C=Cc3cc(C)c(C)cc31)C=C2. The van der Waals surface area contributed by atoms with Crippen LogP contribution < -0.4 is 0 Å². The first-order valence-electron chi connectivity index (χ1n) is 9.04. The van der Waals surface area contributed by atoms with Crippen LogP contribution in [-0.4, -0.2) is 0 Å². The Morgan fingerprint density at radius 1 is 0.625 bits per heavy atom. The van der Waals surface area contributed by atoms with Crippen molar-refractivity contribution in [1.82, 2.24) is 0 Å². The summed E-state index contributed by atoms with van der Waals surface area (Å²) in [6, 6.07) is 9.51. The molecular weight excluding hydrogens is 288 g/mol. The molecule has 0 fully saturated rings. The monoisotopic (exact) mass is 314 g/mol. The van der Waals surface area contributed by atoms with E-state index < -0.39 is 0 Å². The fourth-order valence-electron chi connectivity index (χ4n) is 4.35. The summed E-state index contributed by atoms with van der Waals surface area (Å²) in [5.41, 5.74) is 11.4. The van der Waals surface area contributed by atoms with E-state index in [0.717, 1.165) is 0 Å². The highest BCUT2D eigenvalue weighted by atomic mass is 14.4. The quantitative estimate of drug-likeness (QED) is 0.595. The topological polar surface area (TPSA) is 0 Å².